The molecule has 3 heterocycles. The van der Waals surface area contributed by atoms with Gasteiger partial charge in [-0.2, -0.15) is 0 Å². The maximum absolute atomic E-state index is 12.6. The fourth-order valence-corrected chi connectivity index (χ4v) is 4.16. The number of carbonyl (C=O) groups excluding carboxylic acids is 2. The standard InChI is InChI=1S/C16H17N5O5S.ClH/c1-7-6-27-15-11(14(23)21(15)12(7)16(24)25)19-13(22)10(20-26-2)8-4-3-5-9(17)18-8;/h3-5,11,15H,6H2,1-2H3,(H2,17,18)(H,19,22)(H,24,25);1H/b20-10-;/t11?,15-;/m1./s1. The van der Waals surface area contributed by atoms with Gasteiger partial charge in [0.05, 0.1) is 0 Å². The number of β-lactam (4-membered cyclic amide) rings is 1. The summed E-state index contributed by atoms with van der Waals surface area (Å²) in [5, 5.41) is 15.1. The lowest BCUT2D eigenvalue weighted by Gasteiger charge is -2.49. The van der Waals surface area contributed by atoms with Crippen molar-refractivity contribution < 1.29 is 24.3 Å². The van der Waals surface area contributed by atoms with Gasteiger partial charge >= 0.3 is 5.97 Å². The molecule has 1 aromatic rings. The number of hydrogen-bond donors (Lipinski definition) is 3. The first kappa shape index (κ1) is 21.5. The second-order valence-electron chi connectivity index (χ2n) is 5.87. The van der Waals surface area contributed by atoms with Gasteiger partial charge in [-0.25, -0.2) is 9.78 Å². The molecule has 1 aromatic heterocycles. The van der Waals surface area contributed by atoms with E-state index in [2.05, 4.69) is 15.5 Å². The first-order valence-electron chi connectivity index (χ1n) is 7.87. The molecule has 1 unspecified atom stereocenters. The number of rotatable bonds is 5. The molecular weight excluding hydrogens is 410 g/mol. The summed E-state index contributed by atoms with van der Waals surface area (Å²) in [6, 6.07) is 3.83. The van der Waals surface area contributed by atoms with Crippen molar-refractivity contribution in [3.63, 3.8) is 0 Å². The largest absolute Gasteiger partial charge is 0.477 e. The van der Waals surface area contributed by atoms with Crippen molar-refractivity contribution in [2.75, 3.05) is 18.6 Å². The predicted molar refractivity (Wildman–Crippen MR) is 105 cm³/mol. The molecule has 4 N–H and O–H groups in total. The molecule has 12 heteroatoms. The summed E-state index contributed by atoms with van der Waals surface area (Å²) in [7, 11) is 1.28. The van der Waals surface area contributed by atoms with E-state index in [0.29, 0.717) is 11.3 Å². The van der Waals surface area contributed by atoms with Crippen LogP contribution in [0.5, 0.6) is 0 Å². The Bertz CT molecular complexity index is 890. The third-order valence-corrected chi connectivity index (χ3v) is 5.48. The van der Waals surface area contributed by atoms with Crippen molar-refractivity contribution >= 4 is 53.5 Å². The Morgan fingerprint density at radius 3 is 2.79 bits per heavy atom. The fourth-order valence-electron chi connectivity index (χ4n) is 2.86. The van der Waals surface area contributed by atoms with Crippen molar-refractivity contribution in [3.8, 4) is 0 Å². The predicted octanol–water partition coefficient (Wildman–Crippen LogP) is 0.195. The molecule has 3 rings (SSSR count). The number of nitrogens with one attached hydrogen (secondary N) is 1. The van der Waals surface area contributed by atoms with Crippen LogP contribution >= 0.6 is 24.2 Å². The average Bonchev–Trinajstić information content (AvgIpc) is 2.63. The van der Waals surface area contributed by atoms with Gasteiger partial charge in [0.15, 0.2) is 5.71 Å². The van der Waals surface area contributed by atoms with E-state index in [1.165, 1.54) is 29.8 Å². The lowest BCUT2D eigenvalue weighted by atomic mass is 10.0. The third kappa shape index (κ3) is 3.76. The first-order valence-corrected chi connectivity index (χ1v) is 8.92. The lowest BCUT2D eigenvalue weighted by molar-refractivity contribution is -0.150. The van der Waals surface area contributed by atoms with E-state index in [0.717, 1.165) is 0 Å². The lowest BCUT2D eigenvalue weighted by Crippen LogP contribution is -2.71. The summed E-state index contributed by atoms with van der Waals surface area (Å²) in [4.78, 5) is 46.5. The minimum absolute atomic E-state index is 0. The van der Waals surface area contributed by atoms with Gasteiger partial charge in [-0.15, -0.1) is 24.2 Å². The van der Waals surface area contributed by atoms with Crippen LogP contribution < -0.4 is 11.1 Å². The van der Waals surface area contributed by atoms with Gasteiger partial charge in [0.1, 0.15) is 35.7 Å². The molecule has 0 aromatic carbocycles. The zero-order chi connectivity index (χ0) is 19.7. The van der Waals surface area contributed by atoms with Crippen LogP contribution in [0.1, 0.15) is 12.6 Å². The molecule has 2 atom stereocenters. The minimum Gasteiger partial charge on any atom is -0.477 e. The van der Waals surface area contributed by atoms with Crippen LogP contribution in [0.3, 0.4) is 0 Å². The summed E-state index contributed by atoms with van der Waals surface area (Å²) < 4.78 is 0. The topological polar surface area (TPSA) is 147 Å². The highest BCUT2D eigenvalue weighted by Gasteiger charge is 2.54. The van der Waals surface area contributed by atoms with Crippen LogP contribution in [0.2, 0.25) is 0 Å². The monoisotopic (exact) mass is 427 g/mol. The summed E-state index contributed by atoms with van der Waals surface area (Å²) >= 11 is 1.38. The molecule has 2 aliphatic rings. The zero-order valence-electron chi connectivity index (χ0n) is 14.9. The molecule has 0 aliphatic carbocycles. The molecule has 0 radical (unpaired) electrons. The Hall–Kier alpha value is -2.79. The highest BCUT2D eigenvalue weighted by molar-refractivity contribution is 8.00. The second kappa shape index (κ2) is 8.48. The van der Waals surface area contributed by atoms with Crippen LogP contribution in [0.25, 0.3) is 0 Å². The molecule has 1 fully saturated rings. The van der Waals surface area contributed by atoms with Crippen LogP contribution in [0, 0.1) is 0 Å². The number of thioether (sulfide) groups is 1. The maximum Gasteiger partial charge on any atom is 0.352 e. The average molecular weight is 428 g/mol. The normalized spacial score (nSPS) is 21.3. The number of oxime groups is 1. The number of nitrogens with zero attached hydrogens (tertiary/aromatic N) is 3. The van der Waals surface area contributed by atoms with Gasteiger partial charge in [0, 0.05) is 5.75 Å². The summed E-state index contributed by atoms with van der Waals surface area (Å²) in [6.07, 6.45) is 0. The fraction of sp³-hybridized carbons (Fsp3) is 0.312. The number of carboxylic acid groups (broad SMARTS) is 1. The Kier molecular flexibility index (Phi) is 6.52. The van der Waals surface area contributed by atoms with Gasteiger partial charge in [-0.05, 0) is 24.6 Å². The van der Waals surface area contributed by atoms with E-state index in [1.54, 1.807) is 19.1 Å². The summed E-state index contributed by atoms with van der Waals surface area (Å²) in [5.74, 6) is -1.67. The smallest absolute Gasteiger partial charge is 0.352 e. The first-order chi connectivity index (χ1) is 12.8. The summed E-state index contributed by atoms with van der Waals surface area (Å²) in [6.45, 7) is 1.67. The summed E-state index contributed by atoms with van der Waals surface area (Å²) in [5.41, 5.74) is 6.26. The Labute approximate surface area is 170 Å². The van der Waals surface area contributed by atoms with E-state index in [9.17, 15) is 19.5 Å². The highest BCUT2D eigenvalue weighted by atomic mass is 35.5. The van der Waals surface area contributed by atoms with Gasteiger partial charge in [0.25, 0.3) is 11.8 Å². The number of anilines is 1. The number of carbonyl (C=O) groups is 3. The number of aromatic nitrogens is 1. The van der Waals surface area contributed by atoms with Crippen molar-refractivity contribution in [1.82, 2.24) is 15.2 Å². The van der Waals surface area contributed by atoms with Crippen LogP contribution in [0.15, 0.2) is 34.6 Å². The second-order valence-corrected chi connectivity index (χ2v) is 6.97. The van der Waals surface area contributed by atoms with Crippen LogP contribution in [0.4, 0.5) is 5.82 Å². The zero-order valence-corrected chi connectivity index (χ0v) is 16.5. The quantitative estimate of drug-likeness (QED) is 0.343. The van der Waals surface area contributed by atoms with Gasteiger partial charge in [-0.1, -0.05) is 11.2 Å². The molecule has 10 nitrogen and oxygen atoms in total. The maximum atomic E-state index is 12.6. The molecular formula is C16H18ClN5O5S. The van der Waals surface area contributed by atoms with E-state index in [-0.39, 0.29) is 35.3 Å². The Morgan fingerprint density at radius 1 is 1.46 bits per heavy atom. The third-order valence-electron chi connectivity index (χ3n) is 4.06. The van der Waals surface area contributed by atoms with Crippen LogP contribution in [-0.4, -0.2) is 62.8 Å². The number of pyridine rings is 1. The number of hydrogen-bond acceptors (Lipinski definition) is 8. The van der Waals surface area contributed by atoms with E-state index < -0.39 is 29.2 Å². The van der Waals surface area contributed by atoms with Crippen molar-refractivity contribution in [3.05, 3.63) is 35.2 Å². The molecule has 0 saturated carbocycles. The molecule has 1 saturated heterocycles. The van der Waals surface area contributed by atoms with Crippen molar-refractivity contribution in [2.45, 2.75) is 18.3 Å². The number of nitrogens with two attached hydrogens (primary N) is 1. The van der Waals surface area contributed by atoms with Gasteiger partial charge in [0.2, 0.25) is 0 Å². The van der Waals surface area contributed by atoms with E-state index >= 15 is 0 Å². The van der Waals surface area contributed by atoms with Crippen molar-refractivity contribution in [1.29, 1.82) is 0 Å². The van der Waals surface area contributed by atoms with E-state index in [1.807, 2.05) is 0 Å². The highest BCUT2D eigenvalue weighted by Crippen LogP contribution is 2.40. The SMILES string of the molecule is CO/N=C(\C(=O)NC1C(=O)N2C(C(=O)O)=C(C)CS[C@H]12)c1cccc(N)n1.Cl. The Morgan fingerprint density at radius 2 is 2.18 bits per heavy atom. The molecule has 2 amide bonds. The van der Waals surface area contributed by atoms with Gasteiger partial charge < -0.3 is 21.0 Å². The number of amides is 2. The number of carboxylic acids is 1. The molecule has 150 valence electrons. The van der Waals surface area contributed by atoms with Crippen molar-refractivity contribution in [2.24, 2.45) is 5.16 Å². The van der Waals surface area contributed by atoms with E-state index in [4.69, 9.17) is 10.6 Å². The number of aliphatic carboxylic acids is 1. The number of fused-ring (bicyclic) bond motifs is 1. The molecule has 2 aliphatic heterocycles. The molecule has 0 spiro atoms. The number of nitrogen functional groups attached to an aromatic ring is 1. The Balaban J connectivity index is 0.00000280. The van der Waals surface area contributed by atoms with Gasteiger partial charge in [-0.3, -0.25) is 14.5 Å². The number of halogens is 1. The van der Waals surface area contributed by atoms with Crippen LogP contribution in [-0.2, 0) is 19.2 Å². The minimum atomic E-state index is -1.17. The molecule has 28 heavy (non-hydrogen) atoms. The molecule has 0 bridgehead atoms.